The summed E-state index contributed by atoms with van der Waals surface area (Å²) < 4.78 is 0. The van der Waals surface area contributed by atoms with Gasteiger partial charge in [0.1, 0.15) is 0 Å². The zero-order valence-electron chi connectivity index (χ0n) is 11.1. The van der Waals surface area contributed by atoms with Crippen LogP contribution in [-0.2, 0) is 0 Å². The third-order valence-electron chi connectivity index (χ3n) is 4.05. The first kappa shape index (κ1) is 13.5. The summed E-state index contributed by atoms with van der Waals surface area (Å²) in [6, 6.07) is 2.41. The van der Waals surface area contributed by atoms with Crippen molar-refractivity contribution in [3.63, 3.8) is 0 Å². The SMILES string of the molecule is CC(C)CC(O)C1(C#N)CCC(C)(C)CC1. The molecular formula is C14H25NO. The molecule has 92 valence electrons. The van der Waals surface area contributed by atoms with Crippen molar-refractivity contribution in [1.82, 2.24) is 0 Å². The average Bonchev–Trinajstić information content (AvgIpc) is 2.17. The average molecular weight is 223 g/mol. The molecule has 2 heteroatoms. The first-order valence-electron chi connectivity index (χ1n) is 6.41. The lowest BCUT2D eigenvalue weighted by Crippen LogP contribution is -2.40. The highest BCUT2D eigenvalue weighted by Gasteiger charge is 2.43. The summed E-state index contributed by atoms with van der Waals surface area (Å²) in [4.78, 5) is 0. The van der Waals surface area contributed by atoms with Crippen LogP contribution in [0.15, 0.2) is 0 Å². The molecule has 0 bridgehead atoms. The van der Waals surface area contributed by atoms with Crippen LogP contribution < -0.4 is 0 Å². The number of nitriles is 1. The topological polar surface area (TPSA) is 44.0 Å². The van der Waals surface area contributed by atoms with Gasteiger partial charge in [-0.15, -0.1) is 0 Å². The van der Waals surface area contributed by atoms with Crippen molar-refractivity contribution in [2.75, 3.05) is 0 Å². The van der Waals surface area contributed by atoms with Gasteiger partial charge < -0.3 is 5.11 Å². The predicted molar refractivity (Wildman–Crippen MR) is 65.8 cm³/mol. The summed E-state index contributed by atoms with van der Waals surface area (Å²) >= 11 is 0. The van der Waals surface area contributed by atoms with E-state index in [0.717, 1.165) is 32.1 Å². The number of rotatable bonds is 3. The molecule has 1 N–H and O–H groups in total. The number of hydrogen-bond acceptors (Lipinski definition) is 2. The highest BCUT2D eigenvalue weighted by atomic mass is 16.3. The van der Waals surface area contributed by atoms with Crippen molar-refractivity contribution in [2.45, 2.75) is 65.9 Å². The third-order valence-corrected chi connectivity index (χ3v) is 4.05. The second-order valence-corrected chi connectivity index (χ2v) is 6.58. The molecule has 0 aromatic heterocycles. The molecule has 0 spiro atoms. The molecule has 16 heavy (non-hydrogen) atoms. The second-order valence-electron chi connectivity index (χ2n) is 6.58. The fraction of sp³-hybridized carbons (Fsp3) is 0.929. The number of aliphatic hydroxyl groups excluding tert-OH is 1. The minimum absolute atomic E-state index is 0.345. The highest BCUT2D eigenvalue weighted by molar-refractivity contribution is 5.07. The van der Waals surface area contributed by atoms with Gasteiger partial charge in [-0.3, -0.25) is 0 Å². The highest BCUT2D eigenvalue weighted by Crippen LogP contribution is 2.47. The standard InChI is InChI=1S/C14H25NO/c1-11(2)9-12(16)14(10-15)7-5-13(3,4)6-8-14/h11-12,16H,5-9H2,1-4H3. The van der Waals surface area contributed by atoms with Gasteiger partial charge in [0.05, 0.1) is 17.6 Å². The molecule has 1 unspecified atom stereocenters. The van der Waals surface area contributed by atoms with Gasteiger partial charge in [0, 0.05) is 0 Å². The Hall–Kier alpha value is -0.550. The molecule has 0 saturated heterocycles. The zero-order valence-corrected chi connectivity index (χ0v) is 11.1. The Morgan fingerprint density at radius 1 is 1.19 bits per heavy atom. The molecule has 1 aliphatic carbocycles. The predicted octanol–water partition coefficient (Wildman–Crippen LogP) is 3.50. The smallest absolute Gasteiger partial charge is 0.0832 e. The van der Waals surface area contributed by atoms with Gasteiger partial charge in [-0.2, -0.15) is 5.26 Å². The van der Waals surface area contributed by atoms with Gasteiger partial charge >= 0.3 is 0 Å². The van der Waals surface area contributed by atoms with Crippen LogP contribution in [0.1, 0.15) is 59.8 Å². The second kappa shape index (κ2) is 4.75. The van der Waals surface area contributed by atoms with Crippen LogP contribution in [0.2, 0.25) is 0 Å². The Bertz CT molecular complexity index is 265. The maximum absolute atomic E-state index is 10.2. The molecule has 0 aliphatic heterocycles. The quantitative estimate of drug-likeness (QED) is 0.795. The summed E-state index contributed by atoms with van der Waals surface area (Å²) in [7, 11) is 0. The lowest BCUT2D eigenvalue weighted by atomic mass is 9.62. The van der Waals surface area contributed by atoms with E-state index in [1.165, 1.54) is 0 Å². The normalized spacial score (nSPS) is 25.1. The van der Waals surface area contributed by atoms with Crippen molar-refractivity contribution in [2.24, 2.45) is 16.7 Å². The van der Waals surface area contributed by atoms with Gasteiger partial charge in [-0.05, 0) is 43.4 Å². The lowest BCUT2D eigenvalue weighted by molar-refractivity contribution is -0.000766. The maximum Gasteiger partial charge on any atom is 0.0832 e. The molecule has 0 heterocycles. The van der Waals surface area contributed by atoms with Gasteiger partial charge in [-0.25, -0.2) is 0 Å². The summed E-state index contributed by atoms with van der Waals surface area (Å²) in [6.45, 7) is 8.70. The van der Waals surface area contributed by atoms with E-state index in [0.29, 0.717) is 11.3 Å². The molecule has 0 aromatic carbocycles. The van der Waals surface area contributed by atoms with Gasteiger partial charge in [0.2, 0.25) is 0 Å². The number of aliphatic hydroxyl groups is 1. The first-order chi connectivity index (χ1) is 7.31. The van der Waals surface area contributed by atoms with E-state index < -0.39 is 11.5 Å². The summed E-state index contributed by atoms with van der Waals surface area (Å²) in [5.41, 5.74) is -0.127. The number of hydrogen-bond donors (Lipinski definition) is 1. The lowest BCUT2D eigenvalue weighted by Gasteiger charge is -2.42. The van der Waals surface area contributed by atoms with E-state index in [2.05, 4.69) is 33.8 Å². The molecule has 0 aromatic rings. The molecule has 1 aliphatic rings. The van der Waals surface area contributed by atoms with E-state index in [1.54, 1.807) is 0 Å². The molecular weight excluding hydrogens is 198 g/mol. The van der Waals surface area contributed by atoms with E-state index in [1.807, 2.05) is 0 Å². The molecule has 2 nitrogen and oxygen atoms in total. The fourth-order valence-electron chi connectivity index (χ4n) is 2.56. The Labute approximate surface area is 99.7 Å². The number of nitrogens with zero attached hydrogens (tertiary/aromatic N) is 1. The zero-order chi connectivity index (χ0) is 12.4. The van der Waals surface area contributed by atoms with E-state index >= 15 is 0 Å². The van der Waals surface area contributed by atoms with Crippen molar-refractivity contribution in [1.29, 1.82) is 5.26 Å². The van der Waals surface area contributed by atoms with Gasteiger partial charge in [-0.1, -0.05) is 27.7 Å². The van der Waals surface area contributed by atoms with Crippen LogP contribution >= 0.6 is 0 Å². The Kier molecular flexibility index (Phi) is 4.02. The third kappa shape index (κ3) is 2.98. The molecule has 1 atom stereocenters. The van der Waals surface area contributed by atoms with E-state index in [-0.39, 0.29) is 0 Å². The van der Waals surface area contributed by atoms with Crippen LogP contribution in [0.4, 0.5) is 0 Å². The summed E-state index contributed by atoms with van der Waals surface area (Å²) in [5.74, 6) is 0.454. The van der Waals surface area contributed by atoms with Crippen molar-refractivity contribution in [3.05, 3.63) is 0 Å². The van der Waals surface area contributed by atoms with Crippen molar-refractivity contribution < 1.29 is 5.11 Å². The first-order valence-corrected chi connectivity index (χ1v) is 6.41. The van der Waals surface area contributed by atoms with Gasteiger partial charge in [0.25, 0.3) is 0 Å². The minimum atomic E-state index is -0.472. The fourth-order valence-corrected chi connectivity index (χ4v) is 2.56. The Morgan fingerprint density at radius 3 is 2.06 bits per heavy atom. The van der Waals surface area contributed by atoms with E-state index in [9.17, 15) is 10.4 Å². The molecule has 0 radical (unpaired) electrons. The largest absolute Gasteiger partial charge is 0.391 e. The van der Waals surface area contributed by atoms with Crippen LogP contribution in [0.25, 0.3) is 0 Å². The van der Waals surface area contributed by atoms with Crippen molar-refractivity contribution in [3.8, 4) is 6.07 Å². The molecule has 1 rings (SSSR count). The summed E-state index contributed by atoms with van der Waals surface area (Å²) in [6.07, 6.45) is 4.10. The summed E-state index contributed by atoms with van der Waals surface area (Å²) in [5, 5.41) is 19.6. The van der Waals surface area contributed by atoms with Gasteiger partial charge in [0.15, 0.2) is 0 Å². The Morgan fingerprint density at radius 2 is 1.69 bits per heavy atom. The molecule has 1 fully saturated rings. The van der Waals surface area contributed by atoms with Crippen LogP contribution in [0.3, 0.4) is 0 Å². The van der Waals surface area contributed by atoms with Crippen LogP contribution in [0, 0.1) is 28.1 Å². The molecule has 0 amide bonds. The molecule has 1 saturated carbocycles. The monoisotopic (exact) mass is 223 g/mol. The minimum Gasteiger partial charge on any atom is -0.391 e. The van der Waals surface area contributed by atoms with Crippen LogP contribution in [0.5, 0.6) is 0 Å². The van der Waals surface area contributed by atoms with Crippen molar-refractivity contribution >= 4 is 0 Å². The van der Waals surface area contributed by atoms with E-state index in [4.69, 9.17) is 0 Å². The Balaban J connectivity index is 2.70. The maximum atomic E-state index is 10.2. The van der Waals surface area contributed by atoms with Crippen LogP contribution in [-0.4, -0.2) is 11.2 Å².